The molecule has 86 valence electrons. The molecule has 1 saturated carbocycles. The molecule has 1 nitrogen and oxygen atoms in total. The highest BCUT2D eigenvalue weighted by Crippen LogP contribution is 2.41. The van der Waals surface area contributed by atoms with Gasteiger partial charge in [0.1, 0.15) is 5.82 Å². The number of hydrogen-bond acceptors (Lipinski definition) is 1. The van der Waals surface area contributed by atoms with E-state index in [9.17, 15) is 4.39 Å². The van der Waals surface area contributed by atoms with Gasteiger partial charge < -0.3 is 0 Å². The van der Waals surface area contributed by atoms with Crippen molar-refractivity contribution in [2.45, 2.75) is 25.7 Å². The Bertz CT molecular complexity index is 541. The lowest BCUT2D eigenvalue weighted by molar-refractivity contribution is 0.628. The second-order valence-electron chi connectivity index (χ2n) is 4.71. The lowest BCUT2D eigenvalue weighted by Crippen LogP contribution is -1.91. The van der Waals surface area contributed by atoms with Crippen LogP contribution in [-0.4, -0.2) is 4.98 Å². The lowest BCUT2D eigenvalue weighted by Gasteiger charge is -2.06. The van der Waals surface area contributed by atoms with Crippen LogP contribution in [0, 0.1) is 12.7 Å². The number of nitrogens with zero attached hydrogens (tertiary/aromatic N) is 1. The van der Waals surface area contributed by atoms with Crippen LogP contribution in [-0.2, 0) is 0 Å². The molecule has 0 bridgehead atoms. The first kappa shape index (κ1) is 10.5. The molecule has 1 aromatic carbocycles. The minimum Gasteiger partial charge on any atom is -0.253 e. The minimum absolute atomic E-state index is 0.205. The number of aryl methyl sites for hydroxylation is 1. The van der Waals surface area contributed by atoms with Crippen LogP contribution >= 0.6 is 0 Å². The van der Waals surface area contributed by atoms with Crippen molar-refractivity contribution in [3.05, 3.63) is 53.5 Å². The summed E-state index contributed by atoms with van der Waals surface area (Å²) in [6, 6.07) is 10.8. The lowest BCUT2D eigenvalue weighted by atomic mass is 10.1. The molecule has 0 radical (unpaired) electrons. The number of hydrogen-bond donors (Lipinski definition) is 0. The maximum atomic E-state index is 12.9. The topological polar surface area (TPSA) is 12.9 Å². The minimum atomic E-state index is -0.205. The molecular weight excluding hydrogens is 213 g/mol. The number of benzene rings is 1. The first-order valence-electron chi connectivity index (χ1n) is 5.97. The second-order valence-corrected chi connectivity index (χ2v) is 4.71. The van der Waals surface area contributed by atoms with Crippen molar-refractivity contribution in [3.8, 4) is 11.3 Å². The maximum absolute atomic E-state index is 12.9. The Morgan fingerprint density at radius 1 is 1.12 bits per heavy atom. The maximum Gasteiger partial charge on any atom is 0.123 e. The molecule has 0 N–H and O–H groups in total. The van der Waals surface area contributed by atoms with Gasteiger partial charge in [-0.15, -0.1) is 0 Å². The van der Waals surface area contributed by atoms with Crippen molar-refractivity contribution in [1.82, 2.24) is 4.98 Å². The van der Waals surface area contributed by atoms with E-state index >= 15 is 0 Å². The summed E-state index contributed by atoms with van der Waals surface area (Å²) in [7, 11) is 0. The highest BCUT2D eigenvalue weighted by Gasteiger charge is 2.24. The van der Waals surface area contributed by atoms with Crippen molar-refractivity contribution in [2.24, 2.45) is 0 Å². The number of rotatable bonds is 2. The molecule has 0 unspecified atom stereocenters. The number of aromatic nitrogens is 1. The van der Waals surface area contributed by atoms with E-state index in [2.05, 4.69) is 17.1 Å². The first-order valence-corrected chi connectivity index (χ1v) is 5.97. The average molecular weight is 227 g/mol. The fourth-order valence-corrected chi connectivity index (χ4v) is 2.12. The van der Waals surface area contributed by atoms with E-state index < -0.39 is 0 Å². The summed E-state index contributed by atoms with van der Waals surface area (Å²) in [5.74, 6) is 0.514. The molecule has 2 heteroatoms. The first-order chi connectivity index (χ1) is 8.22. The van der Waals surface area contributed by atoms with E-state index in [1.165, 1.54) is 30.5 Å². The molecule has 1 aliphatic carbocycles. The molecule has 3 rings (SSSR count). The zero-order chi connectivity index (χ0) is 11.8. The van der Waals surface area contributed by atoms with Gasteiger partial charge in [0.15, 0.2) is 0 Å². The van der Waals surface area contributed by atoms with Crippen molar-refractivity contribution >= 4 is 0 Å². The van der Waals surface area contributed by atoms with Gasteiger partial charge in [-0.05, 0) is 67.6 Å². The molecule has 0 amide bonds. The Morgan fingerprint density at radius 2 is 1.82 bits per heavy atom. The predicted molar refractivity (Wildman–Crippen MR) is 66.3 cm³/mol. The summed E-state index contributed by atoms with van der Waals surface area (Å²) in [5, 5.41) is 0. The standard InChI is InChI=1S/C15H14FN/c1-10-8-13(11-2-3-11)9-15(17-10)12-4-6-14(16)7-5-12/h4-9,11H,2-3H2,1H3. The van der Waals surface area contributed by atoms with Gasteiger partial charge >= 0.3 is 0 Å². The molecule has 0 spiro atoms. The van der Waals surface area contributed by atoms with E-state index in [1.807, 2.05) is 6.92 Å². The van der Waals surface area contributed by atoms with Crippen molar-refractivity contribution in [3.63, 3.8) is 0 Å². The summed E-state index contributed by atoms with van der Waals surface area (Å²) < 4.78 is 12.9. The normalized spacial score (nSPS) is 14.9. The van der Waals surface area contributed by atoms with E-state index in [4.69, 9.17) is 0 Å². The quantitative estimate of drug-likeness (QED) is 0.753. The molecule has 0 saturated heterocycles. The molecular formula is C15H14FN. The van der Waals surface area contributed by atoms with Gasteiger partial charge in [-0.2, -0.15) is 0 Å². The highest BCUT2D eigenvalue weighted by molar-refractivity contribution is 5.60. The van der Waals surface area contributed by atoms with Crippen LogP contribution in [0.5, 0.6) is 0 Å². The monoisotopic (exact) mass is 227 g/mol. The van der Waals surface area contributed by atoms with E-state index in [-0.39, 0.29) is 5.82 Å². The largest absolute Gasteiger partial charge is 0.253 e. The number of halogens is 1. The van der Waals surface area contributed by atoms with Crippen LogP contribution < -0.4 is 0 Å². The molecule has 17 heavy (non-hydrogen) atoms. The SMILES string of the molecule is Cc1cc(C2CC2)cc(-c2ccc(F)cc2)n1. The average Bonchev–Trinajstić information content (AvgIpc) is 3.13. The highest BCUT2D eigenvalue weighted by atomic mass is 19.1. The molecule has 1 heterocycles. The zero-order valence-electron chi connectivity index (χ0n) is 9.78. The van der Waals surface area contributed by atoms with Gasteiger partial charge in [0.2, 0.25) is 0 Å². The van der Waals surface area contributed by atoms with E-state index in [0.717, 1.165) is 22.9 Å². The Balaban J connectivity index is 2.04. The van der Waals surface area contributed by atoms with Gasteiger partial charge in [-0.25, -0.2) is 4.39 Å². The van der Waals surface area contributed by atoms with Crippen LogP contribution in [0.15, 0.2) is 36.4 Å². The molecule has 2 aromatic rings. The van der Waals surface area contributed by atoms with Crippen LogP contribution in [0.2, 0.25) is 0 Å². The summed E-state index contributed by atoms with van der Waals surface area (Å²) >= 11 is 0. The third kappa shape index (κ3) is 2.21. The molecule has 0 atom stereocenters. The molecule has 1 aromatic heterocycles. The second kappa shape index (κ2) is 3.95. The third-order valence-corrected chi connectivity index (χ3v) is 3.16. The summed E-state index contributed by atoms with van der Waals surface area (Å²) in [5.41, 5.74) is 4.34. The predicted octanol–water partition coefficient (Wildman–Crippen LogP) is 4.07. The van der Waals surface area contributed by atoms with Crippen LogP contribution in [0.3, 0.4) is 0 Å². The van der Waals surface area contributed by atoms with E-state index in [1.54, 1.807) is 12.1 Å². The van der Waals surface area contributed by atoms with Crippen LogP contribution in [0.4, 0.5) is 4.39 Å². The number of pyridine rings is 1. The Morgan fingerprint density at radius 3 is 2.47 bits per heavy atom. The molecule has 1 fully saturated rings. The Labute approximate surface area is 100 Å². The van der Waals surface area contributed by atoms with Gasteiger partial charge in [-0.1, -0.05) is 0 Å². The fourth-order valence-electron chi connectivity index (χ4n) is 2.12. The van der Waals surface area contributed by atoms with Gasteiger partial charge in [-0.3, -0.25) is 4.98 Å². The van der Waals surface area contributed by atoms with Crippen molar-refractivity contribution < 1.29 is 4.39 Å². The molecule has 1 aliphatic rings. The summed E-state index contributed by atoms with van der Waals surface area (Å²) in [4.78, 5) is 4.52. The molecule has 0 aliphatic heterocycles. The zero-order valence-corrected chi connectivity index (χ0v) is 9.78. The van der Waals surface area contributed by atoms with Crippen molar-refractivity contribution in [1.29, 1.82) is 0 Å². The third-order valence-electron chi connectivity index (χ3n) is 3.16. The Hall–Kier alpha value is -1.70. The smallest absolute Gasteiger partial charge is 0.123 e. The van der Waals surface area contributed by atoms with Crippen LogP contribution in [0.1, 0.15) is 30.0 Å². The van der Waals surface area contributed by atoms with Gasteiger partial charge in [0.05, 0.1) is 5.69 Å². The van der Waals surface area contributed by atoms with Gasteiger partial charge in [0.25, 0.3) is 0 Å². The van der Waals surface area contributed by atoms with Crippen LogP contribution in [0.25, 0.3) is 11.3 Å². The van der Waals surface area contributed by atoms with Crippen molar-refractivity contribution in [2.75, 3.05) is 0 Å². The van der Waals surface area contributed by atoms with Gasteiger partial charge in [0, 0.05) is 11.3 Å². The summed E-state index contributed by atoms with van der Waals surface area (Å²) in [6.07, 6.45) is 2.57. The Kier molecular flexibility index (Phi) is 2.43. The fraction of sp³-hybridized carbons (Fsp3) is 0.267. The summed E-state index contributed by atoms with van der Waals surface area (Å²) in [6.45, 7) is 2.01. The van der Waals surface area contributed by atoms with E-state index in [0.29, 0.717) is 0 Å².